The van der Waals surface area contributed by atoms with Gasteiger partial charge in [0.15, 0.2) is 0 Å². The van der Waals surface area contributed by atoms with Crippen LogP contribution in [0.25, 0.3) is 0 Å². The smallest absolute Gasteiger partial charge is 0.0314 e. The van der Waals surface area contributed by atoms with Crippen LogP contribution in [-0.2, 0) is 12.8 Å². The fraction of sp³-hybridized carbons (Fsp3) is 0.200. The Balaban J connectivity index is 1.97. The number of aryl methyl sites for hydroxylation is 2. The van der Waals surface area contributed by atoms with Gasteiger partial charge in [0.25, 0.3) is 0 Å². The molecule has 0 radical (unpaired) electrons. The number of hydrogen-bond acceptors (Lipinski definition) is 2. The maximum Gasteiger partial charge on any atom is 0.0314 e. The summed E-state index contributed by atoms with van der Waals surface area (Å²) in [6.07, 6.45) is 2.32. The fourth-order valence-electron chi connectivity index (χ4n) is 1.20. The molecule has 0 atom stereocenters. The Kier molecular flexibility index (Phi) is 3.19. The highest BCUT2D eigenvalue weighted by Crippen LogP contribution is 2.24. The molecule has 2 aromatic rings. The van der Waals surface area contributed by atoms with Crippen LogP contribution in [-0.4, -0.2) is 0 Å². The zero-order valence-corrected chi connectivity index (χ0v) is 10.2. The van der Waals surface area contributed by atoms with Crippen LogP contribution in [0.3, 0.4) is 0 Å². The maximum absolute atomic E-state index is 3.54. The van der Waals surface area contributed by atoms with Crippen molar-refractivity contribution in [2.45, 2.75) is 12.8 Å². The van der Waals surface area contributed by atoms with E-state index in [0.717, 1.165) is 12.8 Å². The van der Waals surface area contributed by atoms with Crippen LogP contribution in [0.4, 0.5) is 0 Å². The topological polar surface area (TPSA) is 0 Å². The van der Waals surface area contributed by atoms with E-state index in [9.17, 15) is 0 Å². The highest BCUT2D eigenvalue weighted by molar-refractivity contribution is 9.10. The fourth-order valence-corrected chi connectivity index (χ4v) is 3.46. The molecule has 3 heteroatoms. The van der Waals surface area contributed by atoms with Gasteiger partial charge in [-0.05, 0) is 51.7 Å². The molecule has 0 amide bonds. The average molecular weight is 273 g/mol. The van der Waals surface area contributed by atoms with Gasteiger partial charge >= 0.3 is 0 Å². The van der Waals surface area contributed by atoms with Crippen molar-refractivity contribution in [3.8, 4) is 0 Å². The summed E-state index contributed by atoms with van der Waals surface area (Å²) >= 11 is 7.21. The van der Waals surface area contributed by atoms with E-state index >= 15 is 0 Å². The molecule has 0 saturated carbocycles. The third-order valence-electron chi connectivity index (χ3n) is 1.87. The molecule has 0 fully saturated rings. The highest BCUT2D eigenvalue weighted by Gasteiger charge is 2.01. The van der Waals surface area contributed by atoms with Gasteiger partial charge in [0.2, 0.25) is 0 Å². The number of thiophene rings is 2. The van der Waals surface area contributed by atoms with Gasteiger partial charge in [-0.25, -0.2) is 0 Å². The lowest BCUT2D eigenvalue weighted by atomic mass is 10.2. The Morgan fingerprint density at radius 1 is 1.08 bits per heavy atom. The minimum absolute atomic E-state index is 1.15. The highest BCUT2D eigenvalue weighted by atomic mass is 79.9. The third kappa shape index (κ3) is 2.42. The largest absolute Gasteiger partial charge is 0.149 e. The predicted molar refractivity (Wildman–Crippen MR) is 63.7 cm³/mol. The van der Waals surface area contributed by atoms with Crippen molar-refractivity contribution in [3.05, 3.63) is 43.2 Å². The molecule has 0 nitrogen and oxygen atoms in total. The first-order chi connectivity index (χ1) is 6.36. The summed E-state index contributed by atoms with van der Waals surface area (Å²) in [7, 11) is 0. The molecule has 2 aromatic heterocycles. The van der Waals surface area contributed by atoms with E-state index in [1.165, 1.54) is 14.2 Å². The second-order valence-corrected chi connectivity index (χ2v) is 5.66. The van der Waals surface area contributed by atoms with Crippen molar-refractivity contribution < 1.29 is 0 Å². The van der Waals surface area contributed by atoms with Crippen molar-refractivity contribution >= 4 is 38.6 Å². The van der Waals surface area contributed by atoms with E-state index in [4.69, 9.17) is 0 Å². The normalized spacial score (nSPS) is 10.5. The first-order valence-electron chi connectivity index (χ1n) is 4.10. The molecule has 0 saturated heterocycles. The lowest BCUT2D eigenvalue weighted by Gasteiger charge is -1.96. The van der Waals surface area contributed by atoms with Crippen LogP contribution in [0.15, 0.2) is 33.4 Å². The van der Waals surface area contributed by atoms with Crippen LogP contribution >= 0.6 is 38.6 Å². The van der Waals surface area contributed by atoms with Gasteiger partial charge < -0.3 is 0 Å². The van der Waals surface area contributed by atoms with Gasteiger partial charge in [-0.15, -0.1) is 22.7 Å². The van der Waals surface area contributed by atoms with Crippen LogP contribution in [0.5, 0.6) is 0 Å². The Morgan fingerprint density at radius 3 is 2.62 bits per heavy atom. The lowest BCUT2D eigenvalue weighted by Crippen LogP contribution is -1.85. The molecule has 2 heterocycles. The minimum atomic E-state index is 1.15. The van der Waals surface area contributed by atoms with Gasteiger partial charge in [-0.2, -0.15) is 0 Å². The summed E-state index contributed by atoms with van der Waals surface area (Å²) < 4.78 is 1.26. The summed E-state index contributed by atoms with van der Waals surface area (Å²) in [6, 6.07) is 6.43. The first kappa shape index (κ1) is 9.44. The SMILES string of the molecule is Brc1ccsc1CCc1cccs1. The monoisotopic (exact) mass is 272 g/mol. The second kappa shape index (κ2) is 4.40. The summed E-state index contributed by atoms with van der Waals surface area (Å²) in [6.45, 7) is 0. The number of halogens is 1. The maximum atomic E-state index is 3.54. The second-order valence-electron chi connectivity index (χ2n) is 2.77. The van der Waals surface area contributed by atoms with Crippen LogP contribution in [0, 0.1) is 0 Å². The van der Waals surface area contributed by atoms with Crippen molar-refractivity contribution in [3.63, 3.8) is 0 Å². The molecule has 68 valence electrons. The van der Waals surface area contributed by atoms with Crippen molar-refractivity contribution in [1.82, 2.24) is 0 Å². The number of hydrogen-bond donors (Lipinski definition) is 0. The predicted octanol–water partition coefficient (Wildman–Crippen LogP) is 4.36. The van der Waals surface area contributed by atoms with Crippen LogP contribution in [0.2, 0.25) is 0 Å². The van der Waals surface area contributed by atoms with Gasteiger partial charge in [0.05, 0.1) is 0 Å². The molecule has 0 unspecified atom stereocenters. The Labute approximate surface area is 94.4 Å². The van der Waals surface area contributed by atoms with Crippen molar-refractivity contribution in [1.29, 1.82) is 0 Å². The Hall–Kier alpha value is -0.120. The zero-order valence-electron chi connectivity index (χ0n) is 7.00. The molecule has 2 rings (SSSR count). The Morgan fingerprint density at radius 2 is 2.00 bits per heavy atom. The van der Waals surface area contributed by atoms with E-state index in [0.29, 0.717) is 0 Å². The molecule has 0 spiro atoms. The average Bonchev–Trinajstić information content (AvgIpc) is 2.72. The van der Waals surface area contributed by atoms with Gasteiger partial charge in [-0.1, -0.05) is 6.07 Å². The summed E-state index contributed by atoms with van der Waals surface area (Å²) in [5.41, 5.74) is 0. The first-order valence-corrected chi connectivity index (χ1v) is 6.66. The molecule has 0 aliphatic carbocycles. The summed E-state index contributed by atoms with van der Waals surface area (Å²) in [5.74, 6) is 0. The quantitative estimate of drug-likeness (QED) is 0.779. The zero-order chi connectivity index (χ0) is 9.10. The van der Waals surface area contributed by atoms with Crippen molar-refractivity contribution in [2.24, 2.45) is 0 Å². The molecule has 0 N–H and O–H groups in total. The van der Waals surface area contributed by atoms with Crippen molar-refractivity contribution in [2.75, 3.05) is 0 Å². The van der Waals surface area contributed by atoms with Gasteiger partial charge in [-0.3, -0.25) is 0 Å². The molecule has 0 aliphatic rings. The van der Waals surface area contributed by atoms with E-state index < -0.39 is 0 Å². The molecular formula is C10H9BrS2. The van der Waals surface area contributed by atoms with Crippen LogP contribution in [0.1, 0.15) is 9.75 Å². The summed E-state index contributed by atoms with van der Waals surface area (Å²) in [4.78, 5) is 2.92. The third-order valence-corrected chi connectivity index (χ3v) is 4.79. The van der Waals surface area contributed by atoms with E-state index in [-0.39, 0.29) is 0 Å². The lowest BCUT2D eigenvalue weighted by molar-refractivity contribution is 0.999. The van der Waals surface area contributed by atoms with Gasteiger partial charge in [0.1, 0.15) is 0 Å². The standard InChI is InChI=1S/C10H9BrS2/c11-9-5-7-13-10(9)4-3-8-2-1-6-12-8/h1-2,5-7H,3-4H2. The van der Waals surface area contributed by atoms with E-state index in [1.54, 1.807) is 0 Å². The molecule has 0 aromatic carbocycles. The molecular weight excluding hydrogens is 264 g/mol. The van der Waals surface area contributed by atoms with Gasteiger partial charge in [0, 0.05) is 14.2 Å². The van der Waals surface area contributed by atoms with Crippen LogP contribution < -0.4 is 0 Å². The summed E-state index contributed by atoms with van der Waals surface area (Å²) in [5, 5.41) is 4.27. The number of rotatable bonds is 3. The van der Waals surface area contributed by atoms with E-state index in [1.807, 2.05) is 22.7 Å². The molecule has 0 bridgehead atoms. The molecule has 0 aliphatic heterocycles. The minimum Gasteiger partial charge on any atom is -0.149 e. The van der Waals surface area contributed by atoms with E-state index in [2.05, 4.69) is 44.9 Å². The Bertz CT molecular complexity index is 362. The molecule has 13 heavy (non-hydrogen) atoms.